The third-order valence-electron chi connectivity index (χ3n) is 3.19. The molecule has 2 N–H and O–H groups in total. The van der Waals surface area contributed by atoms with Gasteiger partial charge in [-0.25, -0.2) is 0 Å². The smallest absolute Gasteiger partial charge is 0.170 e. The van der Waals surface area contributed by atoms with E-state index < -0.39 is 0 Å². The largest absolute Gasteiger partial charge is 0.497 e. The lowest BCUT2D eigenvalue weighted by Crippen LogP contribution is -2.29. The maximum Gasteiger partial charge on any atom is 0.170 e. The lowest BCUT2D eigenvalue weighted by molar-refractivity contribution is 0.414. The predicted molar refractivity (Wildman–Crippen MR) is 99.7 cm³/mol. The number of rotatable bonds is 6. The van der Waals surface area contributed by atoms with Gasteiger partial charge in [-0.3, -0.25) is 0 Å². The van der Waals surface area contributed by atoms with E-state index in [2.05, 4.69) is 38.7 Å². The Morgan fingerprint density at radius 3 is 2.41 bits per heavy atom. The van der Waals surface area contributed by atoms with Gasteiger partial charge in [0.2, 0.25) is 0 Å². The topological polar surface area (TPSA) is 33.3 Å². The van der Waals surface area contributed by atoms with Crippen molar-refractivity contribution in [1.82, 2.24) is 5.32 Å². The first-order valence-corrected chi connectivity index (χ1v) is 8.31. The summed E-state index contributed by atoms with van der Waals surface area (Å²) in [6.07, 6.45) is 2.03. The fourth-order valence-electron chi connectivity index (χ4n) is 2.00. The fourth-order valence-corrected chi connectivity index (χ4v) is 2.48. The molecular weight excluding hydrogens is 360 g/mol. The number of hydrogen-bond acceptors (Lipinski definition) is 2. The molecule has 2 aromatic rings. The van der Waals surface area contributed by atoms with Crippen LogP contribution in [-0.2, 0) is 6.42 Å². The Morgan fingerprint density at radius 1 is 1.09 bits per heavy atom. The first-order valence-electron chi connectivity index (χ1n) is 7.11. The van der Waals surface area contributed by atoms with Gasteiger partial charge in [0.1, 0.15) is 5.75 Å². The van der Waals surface area contributed by atoms with Crippen LogP contribution >= 0.6 is 28.1 Å². The molecule has 0 saturated carbocycles. The number of methoxy groups -OCH3 is 1. The summed E-state index contributed by atoms with van der Waals surface area (Å²) in [5.41, 5.74) is 2.28. The molecule has 0 saturated heterocycles. The van der Waals surface area contributed by atoms with E-state index in [1.807, 2.05) is 36.4 Å². The molecule has 0 bridgehead atoms. The average Bonchev–Trinajstić information content (AvgIpc) is 2.54. The molecule has 0 spiro atoms. The summed E-state index contributed by atoms with van der Waals surface area (Å²) in [6.45, 7) is 0.842. The lowest BCUT2D eigenvalue weighted by Gasteiger charge is -2.10. The molecule has 0 aliphatic rings. The van der Waals surface area contributed by atoms with E-state index >= 15 is 0 Å². The number of aryl methyl sites for hydroxylation is 1. The monoisotopic (exact) mass is 378 g/mol. The third-order valence-corrected chi connectivity index (χ3v) is 3.96. The molecule has 116 valence electrons. The van der Waals surface area contributed by atoms with Gasteiger partial charge in [-0.2, -0.15) is 0 Å². The van der Waals surface area contributed by atoms with Crippen LogP contribution in [0, 0.1) is 0 Å². The van der Waals surface area contributed by atoms with Crippen molar-refractivity contribution in [3.05, 3.63) is 58.6 Å². The summed E-state index contributed by atoms with van der Waals surface area (Å²) in [6, 6.07) is 16.1. The van der Waals surface area contributed by atoms with Crippen LogP contribution in [0.2, 0.25) is 0 Å². The molecule has 0 heterocycles. The van der Waals surface area contributed by atoms with Crippen LogP contribution in [-0.4, -0.2) is 18.8 Å². The van der Waals surface area contributed by atoms with Crippen LogP contribution in [0.25, 0.3) is 0 Å². The van der Waals surface area contributed by atoms with E-state index in [9.17, 15) is 0 Å². The molecule has 3 nitrogen and oxygen atoms in total. The van der Waals surface area contributed by atoms with Crippen molar-refractivity contribution >= 4 is 38.9 Å². The zero-order valence-electron chi connectivity index (χ0n) is 12.4. The van der Waals surface area contributed by atoms with Crippen LogP contribution in [0.1, 0.15) is 12.0 Å². The molecule has 22 heavy (non-hydrogen) atoms. The molecule has 2 rings (SSSR count). The molecule has 0 unspecified atom stereocenters. The van der Waals surface area contributed by atoms with Crippen molar-refractivity contribution in [2.45, 2.75) is 12.8 Å². The standard InChI is InChI=1S/C17H19BrN2OS/c1-21-16-10-4-13(5-11-16)3-2-12-19-17(22)20-15-8-6-14(18)7-9-15/h4-11H,2-3,12H2,1H3,(H2,19,20,22). The number of hydrogen-bond donors (Lipinski definition) is 2. The van der Waals surface area contributed by atoms with Gasteiger partial charge in [-0.1, -0.05) is 28.1 Å². The zero-order valence-corrected chi connectivity index (χ0v) is 14.8. The minimum absolute atomic E-state index is 0.650. The number of anilines is 1. The van der Waals surface area contributed by atoms with E-state index in [0.717, 1.165) is 35.3 Å². The molecule has 2 aromatic carbocycles. The highest BCUT2D eigenvalue weighted by atomic mass is 79.9. The second kappa shape index (κ2) is 8.76. The van der Waals surface area contributed by atoms with Gasteiger partial charge in [0.25, 0.3) is 0 Å². The van der Waals surface area contributed by atoms with Crippen LogP contribution < -0.4 is 15.4 Å². The van der Waals surface area contributed by atoms with Crippen LogP contribution in [0.3, 0.4) is 0 Å². The number of benzene rings is 2. The summed E-state index contributed by atoms with van der Waals surface area (Å²) >= 11 is 8.69. The van der Waals surface area contributed by atoms with E-state index in [4.69, 9.17) is 17.0 Å². The van der Waals surface area contributed by atoms with Gasteiger partial charge in [0.05, 0.1) is 7.11 Å². The van der Waals surface area contributed by atoms with Crippen molar-refractivity contribution in [3.63, 3.8) is 0 Å². The van der Waals surface area contributed by atoms with Gasteiger partial charge in [-0.15, -0.1) is 0 Å². The van der Waals surface area contributed by atoms with Crippen molar-refractivity contribution in [3.8, 4) is 5.75 Å². The van der Waals surface area contributed by atoms with Crippen molar-refractivity contribution < 1.29 is 4.74 Å². The summed E-state index contributed by atoms with van der Waals surface area (Å²) in [5.74, 6) is 0.891. The number of ether oxygens (including phenoxy) is 1. The molecule has 5 heteroatoms. The first-order chi connectivity index (χ1) is 10.7. The lowest BCUT2D eigenvalue weighted by atomic mass is 10.1. The predicted octanol–water partition coefficient (Wildman–Crippen LogP) is 4.38. The van der Waals surface area contributed by atoms with E-state index in [1.165, 1.54) is 5.56 Å². The van der Waals surface area contributed by atoms with Gasteiger partial charge in [0.15, 0.2) is 5.11 Å². The summed E-state index contributed by atoms with van der Waals surface area (Å²) in [7, 11) is 1.68. The number of halogens is 1. The van der Waals surface area contributed by atoms with E-state index in [0.29, 0.717) is 5.11 Å². The summed E-state index contributed by atoms with van der Waals surface area (Å²) < 4.78 is 6.20. The highest BCUT2D eigenvalue weighted by Crippen LogP contribution is 2.14. The molecule has 0 amide bonds. The second-order valence-corrected chi connectivity index (χ2v) is 6.16. The van der Waals surface area contributed by atoms with Gasteiger partial charge in [-0.05, 0) is 67.0 Å². The van der Waals surface area contributed by atoms with Gasteiger partial charge in [0, 0.05) is 16.7 Å². The maximum absolute atomic E-state index is 5.28. The zero-order chi connectivity index (χ0) is 15.8. The SMILES string of the molecule is COc1ccc(CCCNC(=S)Nc2ccc(Br)cc2)cc1. The van der Waals surface area contributed by atoms with Gasteiger partial charge < -0.3 is 15.4 Å². The third kappa shape index (κ3) is 5.66. The molecule has 0 fully saturated rings. The quantitative estimate of drug-likeness (QED) is 0.577. The number of nitrogens with one attached hydrogen (secondary N) is 2. The minimum atomic E-state index is 0.650. The second-order valence-electron chi connectivity index (χ2n) is 4.84. The summed E-state index contributed by atoms with van der Waals surface area (Å²) in [4.78, 5) is 0. The molecular formula is C17H19BrN2OS. The highest BCUT2D eigenvalue weighted by Gasteiger charge is 1.98. The van der Waals surface area contributed by atoms with Crippen LogP contribution in [0.15, 0.2) is 53.0 Å². The Morgan fingerprint density at radius 2 is 1.77 bits per heavy atom. The highest BCUT2D eigenvalue weighted by molar-refractivity contribution is 9.10. The Kier molecular flexibility index (Phi) is 6.68. The molecule has 0 aliphatic heterocycles. The van der Waals surface area contributed by atoms with Gasteiger partial charge >= 0.3 is 0 Å². The Hall–Kier alpha value is -1.59. The maximum atomic E-state index is 5.28. The molecule has 0 atom stereocenters. The molecule has 0 radical (unpaired) electrons. The van der Waals surface area contributed by atoms with Crippen molar-refractivity contribution in [2.75, 3.05) is 19.0 Å². The summed E-state index contributed by atoms with van der Waals surface area (Å²) in [5, 5.41) is 7.04. The Labute approximate surface area is 145 Å². The van der Waals surface area contributed by atoms with E-state index in [-0.39, 0.29) is 0 Å². The Bertz CT molecular complexity index is 599. The van der Waals surface area contributed by atoms with Crippen molar-refractivity contribution in [2.24, 2.45) is 0 Å². The van der Waals surface area contributed by atoms with Crippen molar-refractivity contribution in [1.29, 1.82) is 0 Å². The van der Waals surface area contributed by atoms with Crippen LogP contribution in [0.4, 0.5) is 5.69 Å². The number of thiocarbonyl (C=S) groups is 1. The molecule has 0 aliphatic carbocycles. The molecule has 0 aromatic heterocycles. The minimum Gasteiger partial charge on any atom is -0.497 e. The first kappa shape index (κ1) is 16.8. The fraction of sp³-hybridized carbons (Fsp3) is 0.235. The van der Waals surface area contributed by atoms with Crippen LogP contribution in [0.5, 0.6) is 5.75 Å². The van der Waals surface area contributed by atoms with E-state index in [1.54, 1.807) is 7.11 Å². The normalized spacial score (nSPS) is 10.1. The Balaban J connectivity index is 1.67. The average molecular weight is 379 g/mol.